The van der Waals surface area contributed by atoms with Crippen LogP contribution in [0.4, 0.5) is 15.3 Å². The molecule has 0 bridgehead atoms. The second-order valence-electron chi connectivity index (χ2n) is 4.65. The Morgan fingerprint density at radius 1 is 0.889 bits per heavy atom. The zero-order valence-electron chi connectivity index (χ0n) is 15.0. The Hall–Kier alpha value is -3.63. The zero-order chi connectivity index (χ0) is 20.2. The SMILES string of the molecule is CCOC(=O)NC(=O)C(=NNc1ccc(OC)cc1)C(=O)NC(=O)OCC. The van der Waals surface area contributed by atoms with Crippen molar-refractivity contribution in [3.63, 3.8) is 0 Å². The van der Waals surface area contributed by atoms with Crippen molar-refractivity contribution in [3.8, 4) is 5.75 Å². The van der Waals surface area contributed by atoms with E-state index in [2.05, 4.69) is 20.0 Å². The van der Waals surface area contributed by atoms with Gasteiger partial charge in [-0.2, -0.15) is 5.10 Å². The normalized spacial score (nSPS) is 9.44. The standard InChI is InChI=1S/C16H20N4O7/c1-4-26-15(23)17-13(21)12(14(22)18-16(24)27-5-2)20-19-10-6-8-11(25-3)9-7-10/h6-9,19H,4-5H2,1-3H3,(H,17,21,23)(H,18,22,24). The molecule has 1 rings (SSSR count). The van der Waals surface area contributed by atoms with Gasteiger partial charge in [-0.15, -0.1) is 0 Å². The van der Waals surface area contributed by atoms with Crippen molar-refractivity contribution in [2.45, 2.75) is 13.8 Å². The summed E-state index contributed by atoms with van der Waals surface area (Å²) in [5, 5.41) is 7.30. The van der Waals surface area contributed by atoms with E-state index < -0.39 is 29.7 Å². The highest BCUT2D eigenvalue weighted by atomic mass is 16.6. The van der Waals surface area contributed by atoms with E-state index in [1.165, 1.54) is 21.0 Å². The van der Waals surface area contributed by atoms with E-state index in [9.17, 15) is 19.2 Å². The fourth-order valence-corrected chi connectivity index (χ4v) is 1.63. The van der Waals surface area contributed by atoms with Gasteiger partial charge >= 0.3 is 12.2 Å². The number of carbonyl (C=O) groups is 4. The van der Waals surface area contributed by atoms with Gasteiger partial charge in [-0.05, 0) is 38.1 Å². The molecule has 0 aliphatic rings. The molecule has 1 aromatic rings. The largest absolute Gasteiger partial charge is 0.497 e. The first-order chi connectivity index (χ1) is 12.9. The summed E-state index contributed by atoms with van der Waals surface area (Å²) < 4.78 is 14.1. The third-order valence-electron chi connectivity index (χ3n) is 2.80. The minimum Gasteiger partial charge on any atom is -0.497 e. The summed E-state index contributed by atoms with van der Waals surface area (Å²) in [5.41, 5.74) is 2.11. The minimum atomic E-state index is -1.17. The number of carbonyl (C=O) groups excluding carboxylic acids is 4. The number of anilines is 1. The number of alkyl carbamates (subject to hydrolysis) is 2. The Morgan fingerprint density at radius 2 is 1.37 bits per heavy atom. The van der Waals surface area contributed by atoms with Crippen LogP contribution in [0.1, 0.15) is 13.8 Å². The molecule has 0 radical (unpaired) electrons. The molecule has 146 valence electrons. The molecular weight excluding hydrogens is 360 g/mol. The van der Waals surface area contributed by atoms with E-state index in [0.29, 0.717) is 11.4 Å². The monoisotopic (exact) mass is 380 g/mol. The summed E-state index contributed by atoms with van der Waals surface area (Å²) in [4.78, 5) is 47.0. The van der Waals surface area contributed by atoms with Crippen molar-refractivity contribution in [1.82, 2.24) is 10.6 Å². The molecule has 0 fully saturated rings. The average molecular weight is 380 g/mol. The zero-order valence-corrected chi connectivity index (χ0v) is 15.0. The van der Waals surface area contributed by atoms with E-state index in [4.69, 9.17) is 4.74 Å². The quantitative estimate of drug-likeness (QED) is 0.361. The van der Waals surface area contributed by atoms with Crippen LogP contribution < -0.4 is 20.8 Å². The molecule has 0 aliphatic heterocycles. The van der Waals surface area contributed by atoms with Crippen molar-refractivity contribution in [2.75, 3.05) is 25.7 Å². The second-order valence-corrected chi connectivity index (χ2v) is 4.65. The smallest absolute Gasteiger partial charge is 0.414 e. The Bertz CT molecular complexity index is 682. The second kappa shape index (κ2) is 11.1. The fraction of sp³-hybridized carbons (Fsp3) is 0.312. The number of hydrazone groups is 1. The maximum absolute atomic E-state index is 12.1. The molecular formula is C16H20N4O7. The lowest BCUT2D eigenvalue weighted by atomic mass is 10.3. The number of amides is 4. The van der Waals surface area contributed by atoms with E-state index in [1.807, 2.05) is 10.6 Å². The Labute approximate surface area is 155 Å². The lowest BCUT2D eigenvalue weighted by Crippen LogP contribution is -2.46. The molecule has 0 saturated heterocycles. The number of benzene rings is 1. The van der Waals surface area contributed by atoms with E-state index in [-0.39, 0.29) is 13.2 Å². The van der Waals surface area contributed by atoms with Gasteiger partial charge in [0.2, 0.25) is 5.71 Å². The first-order valence-electron chi connectivity index (χ1n) is 7.85. The molecule has 1 aromatic carbocycles. The van der Waals surface area contributed by atoms with E-state index >= 15 is 0 Å². The number of rotatable bonds is 7. The molecule has 0 aliphatic carbocycles. The topological polar surface area (TPSA) is 144 Å². The number of imide groups is 2. The highest BCUT2D eigenvalue weighted by Crippen LogP contribution is 2.14. The molecule has 11 nitrogen and oxygen atoms in total. The average Bonchev–Trinajstić information content (AvgIpc) is 2.62. The van der Waals surface area contributed by atoms with Crippen molar-refractivity contribution in [2.24, 2.45) is 5.10 Å². The van der Waals surface area contributed by atoms with Gasteiger partial charge < -0.3 is 14.2 Å². The molecule has 4 amide bonds. The van der Waals surface area contributed by atoms with Gasteiger partial charge in [0, 0.05) is 0 Å². The van der Waals surface area contributed by atoms with Gasteiger partial charge in [-0.3, -0.25) is 25.6 Å². The molecule has 3 N–H and O–H groups in total. The molecule has 0 atom stereocenters. The molecule has 0 aromatic heterocycles. The van der Waals surface area contributed by atoms with Crippen LogP contribution in [0.15, 0.2) is 29.4 Å². The highest BCUT2D eigenvalue weighted by Gasteiger charge is 2.25. The summed E-state index contributed by atoms with van der Waals surface area (Å²) in [6.07, 6.45) is -2.13. The van der Waals surface area contributed by atoms with Crippen LogP contribution in [-0.4, -0.2) is 50.0 Å². The van der Waals surface area contributed by atoms with Crippen LogP contribution in [0.25, 0.3) is 0 Å². The Kier molecular flexibility index (Phi) is 8.78. The van der Waals surface area contributed by atoms with E-state index in [0.717, 1.165) is 0 Å². The molecule has 0 heterocycles. The van der Waals surface area contributed by atoms with Crippen molar-refractivity contribution < 1.29 is 33.4 Å². The number of nitrogens with one attached hydrogen (secondary N) is 3. The molecule has 0 unspecified atom stereocenters. The van der Waals surface area contributed by atoms with Crippen LogP contribution in [-0.2, 0) is 19.1 Å². The Morgan fingerprint density at radius 3 is 1.78 bits per heavy atom. The number of hydrogen-bond acceptors (Lipinski definition) is 9. The fourth-order valence-electron chi connectivity index (χ4n) is 1.63. The van der Waals surface area contributed by atoms with Gasteiger partial charge in [0.1, 0.15) is 5.75 Å². The van der Waals surface area contributed by atoms with Crippen LogP contribution in [0.5, 0.6) is 5.75 Å². The Balaban J connectivity index is 2.96. The van der Waals surface area contributed by atoms with Gasteiger partial charge in [0.05, 0.1) is 26.0 Å². The van der Waals surface area contributed by atoms with Crippen LogP contribution in [0, 0.1) is 0 Å². The molecule has 11 heteroatoms. The first-order valence-corrected chi connectivity index (χ1v) is 7.85. The van der Waals surface area contributed by atoms with Crippen molar-refractivity contribution >= 4 is 35.4 Å². The molecule has 0 spiro atoms. The van der Waals surface area contributed by atoms with Gasteiger partial charge in [-0.1, -0.05) is 0 Å². The summed E-state index contributed by atoms with van der Waals surface area (Å²) in [7, 11) is 1.50. The van der Waals surface area contributed by atoms with Gasteiger partial charge in [0.25, 0.3) is 11.8 Å². The lowest BCUT2D eigenvalue weighted by Gasteiger charge is -2.09. The van der Waals surface area contributed by atoms with Crippen LogP contribution in [0.3, 0.4) is 0 Å². The molecule has 27 heavy (non-hydrogen) atoms. The third-order valence-corrected chi connectivity index (χ3v) is 2.80. The number of nitrogens with zero attached hydrogens (tertiary/aromatic N) is 1. The summed E-state index contributed by atoms with van der Waals surface area (Å²) in [6.45, 7) is 3.12. The van der Waals surface area contributed by atoms with Crippen LogP contribution >= 0.6 is 0 Å². The maximum Gasteiger partial charge on any atom is 0.414 e. The summed E-state index contributed by atoms with van der Waals surface area (Å²) >= 11 is 0. The van der Waals surface area contributed by atoms with Crippen LogP contribution in [0.2, 0.25) is 0 Å². The number of ether oxygens (including phenoxy) is 3. The first kappa shape index (κ1) is 21.4. The summed E-state index contributed by atoms with van der Waals surface area (Å²) in [6, 6.07) is 6.39. The van der Waals surface area contributed by atoms with E-state index in [1.54, 1.807) is 24.3 Å². The highest BCUT2D eigenvalue weighted by molar-refractivity contribution is 6.66. The lowest BCUT2D eigenvalue weighted by molar-refractivity contribution is -0.118. The molecule has 0 saturated carbocycles. The summed E-state index contributed by atoms with van der Waals surface area (Å²) in [5.74, 6) is -1.75. The van der Waals surface area contributed by atoms with Gasteiger partial charge in [-0.25, -0.2) is 9.59 Å². The predicted molar refractivity (Wildman–Crippen MR) is 94.4 cm³/mol. The predicted octanol–water partition coefficient (Wildman–Crippen LogP) is 1.01. The van der Waals surface area contributed by atoms with Crippen molar-refractivity contribution in [1.29, 1.82) is 0 Å². The number of hydrogen-bond donors (Lipinski definition) is 3. The maximum atomic E-state index is 12.1. The third kappa shape index (κ3) is 7.42. The number of methoxy groups -OCH3 is 1. The van der Waals surface area contributed by atoms with Crippen molar-refractivity contribution in [3.05, 3.63) is 24.3 Å². The van der Waals surface area contributed by atoms with Gasteiger partial charge in [0.15, 0.2) is 0 Å². The minimum absolute atomic E-state index is 0.0186.